The van der Waals surface area contributed by atoms with E-state index in [1.54, 1.807) is 18.3 Å². The Morgan fingerprint density at radius 3 is 3.00 bits per heavy atom. The van der Waals surface area contributed by atoms with E-state index in [9.17, 15) is 4.79 Å². The normalized spacial score (nSPS) is 12.2. The molecule has 2 N–H and O–H groups in total. The Balaban J connectivity index is 2.35. The molecule has 92 valence electrons. The first kappa shape index (κ1) is 12.1. The predicted octanol–water partition coefficient (Wildman–Crippen LogP) is 1.68. The molecule has 0 saturated heterocycles. The lowest BCUT2D eigenvalue weighted by atomic mass is 10.1. The quantitative estimate of drug-likeness (QED) is 0.856. The molecule has 2 rings (SSSR count). The third-order valence-electron chi connectivity index (χ3n) is 2.86. The number of ether oxygens (including phenoxy) is 1. The summed E-state index contributed by atoms with van der Waals surface area (Å²) in [6.45, 7) is 0. The van der Waals surface area contributed by atoms with Crippen LogP contribution in [0.5, 0.6) is 0 Å². The van der Waals surface area contributed by atoms with Crippen molar-refractivity contribution >= 4 is 16.9 Å². The Morgan fingerprint density at radius 2 is 2.39 bits per heavy atom. The van der Waals surface area contributed by atoms with Gasteiger partial charge in [0.1, 0.15) is 0 Å². The zero-order chi connectivity index (χ0) is 13.1. The molecule has 5 heteroatoms. The van der Waals surface area contributed by atoms with Crippen LogP contribution in [0.15, 0.2) is 24.4 Å². The molecule has 0 radical (unpaired) electrons. The number of fused-ring (bicyclic) bond motifs is 1. The van der Waals surface area contributed by atoms with E-state index < -0.39 is 12.1 Å². The minimum Gasteiger partial charge on any atom is -0.479 e. The molecule has 1 aromatic carbocycles. The maximum absolute atomic E-state index is 10.9. The SMILES string of the molecule is CO[C@@H](Cc1c[nH]c2cc(C#N)ccc12)C(=O)O. The second-order valence-corrected chi connectivity index (χ2v) is 3.95. The van der Waals surface area contributed by atoms with Gasteiger partial charge >= 0.3 is 5.97 Å². The van der Waals surface area contributed by atoms with Crippen LogP contribution in [0.25, 0.3) is 10.9 Å². The van der Waals surface area contributed by atoms with Crippen LogP contribution in [0.3, 0.4) is 0 Å². The van der Waals surface area contributed by atoms with Crippen LogP contribution < -0.4 is 0 Å². The fraction of sp³-hybridized carbons (Fsp3) is 0.231. The molecule has 5 nitrogen and oxygen atoms in total. The van der Waals surface area contributed by atoms with Gasteiger partial charge in [-0.1, -0.05) is 6.07 Å². The van der Waals surface area contributed by atoms with Crippen LogP contribution in [-0.4, -0.2) is 29.3 Å². The second kappa shape index (κ2) is 4.90. The molecule has 0 amide bonds. The largest absolute Gasteiger partial charge is 0.479 e. The summed E-state index contributed by atoms with van der Waals surface area (Å²) < 4.78 is 4.91. The van der Waals surface area contributed by atoms with E-state index in [1.807, 2.05) is 6.07 Å². The van der Waals surface area contributed by atoms with E-state index >= 15 is 0 Å². The van der Waals surface area contributed by atoms with Crippen LogP contribution in [0, 0.1) is 11.3 Å². The van der Waals surface area contributed by atoms with Gasteiger partial charge in [-0.3, -0.25) is 0 Å². The van der Waals surface area contributed by atoms with E-state index in [2.05, 4.69) is 11.1 Å². The van der Waals surface area contributed by atoms with Gasteiger partial charge < -0.3 is 14.8 Å². The average Bonchev–Trinajstić information content (AvgIpc) is 2.77. The first-order valence-corrected chi connectivity index (χ1v) is 5.41. The lowest BCUT2D eigenvalue weighted by molar-refractivity contribution is -0.148. The number of aromatic nitrogens is 1. The highest BCUT2D eigenvalue weighted by Gasteiger charge is 2.18. The van der Waals surface area contributed by atoms with Crippen molar-refractivity contribution in [1.29, 1.82) is 5.26 Å². The summed E-state index contributed by atoms with van der Waals surface area (Å²) in [6.07, 6.45) is 1.18. The zero-order valence-corrected chi connectivity index (χ0v) is 9.80. The van der Waals surface area contributed by atoms with Gasteiger partial charge in [0.15, 0.2) is 6.10 Å². The average molecular weight is 244 g/mol. The van der Waals surface area contributed by atoms with E-state index in [-0.39, 0.29) is 6.42 Å². The lowest BCUT2D eigenvalue weighted by Crippen LogP contribution is -2.24. The van der Waals surface area contributed by atoms with Crippen molar-refractivity contribution in [3.8, 4) is 6.07 Å². The number of hydrogen-bond donors (Lipinski definition) is 2. The molecule has 0 unspecified atom stereocenters. The standard InChI is InChI=1S/C13H12N2O3/c1-18-12(13(16)17)5-9-7-15-11-4-8(6-14)2-3-10(9)11/h2-4,7,12,15H,5H2,1H3,(H,16,17)/t12-/m0/s1. The van der Waals surface area contributed by atoms with Crippen LogP contribution >= 0.6 is 0 Å². The molecule has 1 atom stereocenters. The predicted molar refractivity (Wildman–Crippen MR) is 65.2 cm³/mol. The van der Waals surface area contributed by atoms with Crippen molar-refractivity contribution < 1.29 is 14.6 Å². The highest BCUT2D eigenvalue weighted by Crippen LogP contribution is 2.21. The third-order valence-corrected chi connectivity index (χ3v) is 2.86. The fourth-order valence-corrected chi connectivity index (χ4v) is 1.90. The monoisotopic (exact) mass is 244 g/mol. The number of carbonyl (C=O) groups is 1. The topological polar surface area (TPSA) is 86.1 Å². The van der Waals surface area contributed by atoms with Gasteiger partial charge in [-0.2, -0.15) is 5.26 Å². The smallest absolute Gasteiger partial charge is 0.333 e. The van der Waals surface area contributed by atoms with Gasteiger partial charge in [0.05, 0.1) is 11.6 Å². The van der Waals surface area contributed by atoms with Crippen molar-refractivity contribution in [3.63, 3.8) is 0 Å². The molecule has 1 heterocycles. The fourth-order valence-electron chi connectivity index (χ4n) is 1.90. The molecule has 0 bridgehead atoms. The molecule has 2 aromatic rings. The Labute approximate surface area is 104 Å². The maximum Gasteiger partial charge on any atom is 0.333 e. The van der Waals surface area contributed by atoms with E-state index in [4.69, 9.17) is 15.1 Å². The van der Waals surface area contributed by atoms with E-state index in [0.29, 0.717) is 5.56 Å². The van der Waals surface area contributed by atoms with Gasteiger partial charge in [-0.25, -0.2) is 4.79 Å². The minimum atomic E-state index is -0.986. The third kappa shape index (κ3) is 2.19. The molecular formula is C13H12N2O3. The molecule has 0 fully saturated rings. The molecule has 0 saturated carbocycles. The summed E-state index contributed by atoms with van der Waals surface area (Å²) in [5.41, 5.74) is 2.26. The van der Waals surface area contributed by atoms with Crippen LogP contribution in [0.4, 0.5) is 0 Å². The van der Waals surface area contributed by atoms with Crippen molar-refractivity contribution in [1.82, 2.24) is 4.98 Å². The summed E-state index contributed by atoms with van der Waals surface area (Å²) in [6, 6.07) is 7.32. The first-order valence-electron chi connectivity index (χ1n) is 5.41. The highest BCUT2D eigenvalue weighted by molar-refractivity contribution is 5.85. The van der Waals surface area contributed by atoms with Crippen LogP contribution in [-0.2, 0) is 16.0 Å². The van der Waals surface area contributed by atoms with Gasteiger partial charge in [-0.05, 0) is 17.7 Å². The summed E-state index contributed by atoms with van der Waals surface area (Å²) >= 11 is 0. The molecule has 0 aliphatic carbocycles. The molecular weight excluding hydrogens is 232 g/mol. The Bertz CT molecular complexity index is 625. The molecule has 0 aliphatic rings. The van der Waals surface area contributed by atoms with Crippen molar-refractivity contribution in [2.24, 2.45) is 0 Å². The lowest BCUT2D eigenvalue weighted by Gasteiger charge is -2.09. The molecule has 1 aromatic heterocycles. The number of nitrogens with zero attached hydrogens (tertiary/aromatic N) is 1. The van der Waals surface area contributed by atoms with Gasteiger partial charge in [0, 0.05) is 30.6 Å². The van der Waals surface area contributed by atoms with Crippen molar-refractivity contribution in [3.05, 3.63) is 35.5 Å². The van der Waals surface area contributed by atoms with Crippen LogP contribution in [0.1, 0.15) is 11.1 Å². The number of nitriles is 1. The summed E-state index contributed by atoms with van der Waals surface area (Å²) in [5.74, 6) is -0.986. The molecule has 0 spiro atoms. The number of nitrogens with one attached hydrogen (secondary N) is 1. The van der Waals surface area contributed by atoms with Gasteiger partial charge in [0.25, 0.3) is 0 Å². The number of hydrogen-bond acceptors (Lipinski definition) is 3. The summed E-state index contributed by atoms with van der Waals surface area (Å²) in [4.78, 5) is 13.9. The van der Waals surface area contributed by atoms with E-state index in [0.717, 1.165) is 16.5 Å². The summed E-state index contributed by atoms with van der Waals surface area (Å²) in [5, 5.41) is 18.7. The number of methoxy groups -OCH3 is 1. The number of rotatable bonds is 4. The maximum atomic E-state index is 10.9. The number of benzene rings is 1. The van der Waals surface area contributed by atoms with Gasteiger partial charge in [-0.15, -0.1) is 0 Å². The number of aromatic amines is 1. The number of carboxylic acids is 1. The Kier molecular flexibility index (Phi) is 3.31. The zero-order valence-electron chi connectivity index (χ0n) is 9.80. The number of carboxylic acid groups (broad SMARTS) is 1. The Hall–Kier alpha value is -2.32. The van der Waals surface area contributed by atoms with E-state index in [1.165, 1.54) is 7.11 Å². The molecule has 18 heavy (non-hydrogen) atoms. The summed E-state index contributed by atoms with van der Waals surface area (Å²) in [7, 11) is 1.38. The molecule has 0 aliphatic heterocycles. The van der Waals surface area contributed by atoms with Crippen molar-refractivity contribution in [2.75, 3.05) is 7.11 Å². The second-order valence-electron chi connectivity index (χ2n) is 3.95. The first-order chi connectivity index (χ1) is 8.65. The minimum absolute atomic E-state index is 0.289. The Morgan fingerprint density at radius 1 is 1.61 bits per heavy atom. The number of aliphatic carboxylic acids is 1. The van der Waals surface area contributed by atoms with Gasteiger partial charge in [0.2, 0.25) is 0 Å². The number of H-pyrrole nitrogens is 1. The van der Waals surface area contributed by atoms with Crippen molar-refractivity contribution in [2.45, 2.75) is 12.5 Å². The van der Waals surface area contributed by atoms with Crippen LogP contribution in [0.2, 0.25) is 0 Å². The highest BCUT2D eigenvalue weighted by atomic mass is 16.5.